The van der Waals surface area contributed by atoms with Crippen LogP contribution in [0.25, 0.3) is 0 Å². The molecule has 0 aromatic carbocycles. The fourth-order valence-corrected chi connectivity index (χ4v) is 3.31. The van der Waals surface area contributed by atoms with Crippen LogP contribution < -0.4 is 25.5 Å². The first-order valence-corrected chi connectivity index (χ1v) is 17.3. The summed E-state index contributed by atoms with van der Waals surface area (Å²) < 4.78 is 0. The molecule has 25 N–H and O–H groups in total. The van der Waals surface area contributed by atoms with E-state index in [4.69, 9.17) is 128 Å². The van der Waals surface area contributed by atoms with Crippen molar-refractivity contribution in [3.05, 3.63) is 0 Å². The van der Waals surface area contributed by atoms with E-state index < -0.39 is 185 Å². The maximum Gasteiger partial charge on any atom is 5.00 e. The van der Waals surface area contributed by atoms with Crippen molar-refractivity contribution < 1.29 is 197 Å². The largest absolute Gasteiger partial charge is 5.00 e. The summed E-state index contributed by atoms with van der Waals surface area (Å²) in [7, 11) is 0. The molecule has 35 nitrogen and oxygen atoms in total. The van der Waals surface area contributed by atoms with E-state index in [0.717, 1.165) is 0 Å². The number of aliphatic hydroxyl groups is 25. The van der Waals surface area contributed by atoms with E-state index in [1.54, 1.807) is 0 Å². The van der Waals surface area contributed by atoms with Crippen LogP contribution in [-0.2, 0) is 44.1 Å². The molecule has 0 saturated heterocycles. The Bertz CT molecular complexity index is 1080. The van der Waals surface area contributed by atoms with Gasteiger partial charge in [0.25, 0.3) is 0 Å². The molecule has 0 saturated carbocycles. The number of hydrogen-bond acceptors (Lipinski definition) is 35. The third-order valence-corrected chi connectivity index (χ3v) is 7.48. The maximum absolute atomic E-state index is 9.98. The van der Waals surface area contributed by atoms with Gasteiger partial charge in [0.05, 0.1) is 62.9 Å². The predicted octanol–water partition coefficient (Wildman–Crippen LogP) is -24.1. The van der Waals surface area contributed by atoms with E-state index in [-0.39, 0.29) is 20.1 Å². The molecule has 0 spiro atoms. The molecule has 0 heterocycles. The van der Waals surface area contributed by atoms with Gasteiger partial charge in [-0.2, -0.15) is 0 Å². The molecule has 0 bridgehead atoms. The van der Waals surface area contributed by atoms with Gasteiger partial charge in [-0.1, -0.05) is 0 Å². The van der Waals surface area contributed by atoms with Crippen molar-refractivity contribution in [2.24, 2.45) is 0 Å². The van der Waals surface area contributed by atoms with E-state index >= 15 is 0 Å². The van der Waals surface area contributed by atoms with Crippen LogP contribution >= 0.6 is 0 Å². The number of carboxylic acids is 5. The summed E-state index contributed by atoms with van der Waals surface area (Å²) in [5.74, 6) is -9.88. The fourth-order valence-electron chi connectivity index (χ4n) is 3.31. The average molecular weight is 1070 g/mol. The quantitative estimate of drug-likeness (QED) is 0.0404. The van der Waals surface area contributed by atoms with E-state index in [1.807, 2.05) is 0 Å². The van der Waals surface area contributed by atoms with Crippen LogP contribution in [0.3, 0.4) is 0 Å². The van der Waals surface area contributed by atoms with Gasteiger partial charge in [0, 0.05) is 0 Å². The second-order valence-electron chi connectivity index (χ2n) is 12.5. The predicted molar refractivity (Wildman–Crippen MR) is 181 cm³/mol. The molecule has 0 fully saturated rings. The van der Waals surface area contributed by atoms with Crippen LogP contribution in [0.1, 0.15) is 0 Å². The summed E-state index contributed by atoms with van der Waals surface area (Å²) >= 11 is 0. The molecule has 20 atom stereocenters. The summed E-state index contributed by atoms with van der Waals surface area (Å²) in [6, 6.07) is 0. The Hall–Kier alpha value is -3.00. The fraction of sp³-hybridized carbons (Fsp3) is 0.833. The normalized spacial score (nSPS) is 20.1. The molecule has 0 unspecified atom stereocenters. The van der Waals surface area contributed by atoms with Gasteiger partial charge in [-0.15, -0.1) is 0 Å². The Morgan fingerprint density at radius 2 is 0.333 bits per heavy atom. The van der Waals surface area contributed by atoms with Crippen molar-refractivity contribution in [2.75, 3.05) is 33.0 Å². The summed E-state index contributed by atoms with van der Waals surface area (Å²) in [6.07, 6.45) is -40.4. The van der Waals surface area contributed by atoms with E-state index in [0.29, 0.717) is 0 Å². The molecular weight excluding hydrogens is 1020 g/mol. The monoisotopic (exact) mass is 1070 g/mol. The minimum absolute atomic E-state index is 0. The molecule has 0 aliphatic heterocycles. The standard InChI is InChI=1S/5C6H12O7.Tc/c5*7-1-2(8)3(9)4(10)5(11)6(12)13;/h5*2-5,7-11H,1H2,(H,12,13);/q;;;;;+5/p-5/t5*2-,3-,4+,5-;/m11111./s1. The van der Waals surface area contributed by atoms with E-state index in [9.17, 15) is 49.5 Å². The zero-order valence-electron chi connectivity index (χ0n) is 33.2. The minimum atomic E-state index is -2.31. The number of hydrogen-bond donors (Lipinski definition) is 25. The van der Waals surface area contributed by atoms with Crippen LogP contribution in [0.15, 0.2) is 0 Å². The molecule has 0 aromatic rings. The van der Waals surface area contributed by atoms with Gasteiger partial charge in [0.15, 0.2) is 0 Å². The van der Waals surface area contributed by atoms with E-state index in [1.165, 1.54) is 0 Å². The SMILES string of the molecule is O=C([O-])[C@H](O)[C@@H](O)[C@H](O)[C@H](O)CO.O=C([O-])[C@H](O)[C@@H](O)[C@H](O)[C@H](O)CO.O=C([O-])[C@H](O)[C@@H](O)[C@H](O)[C@H](O)CO.O=C([O-])[C@H](O)[C@@H](O)[C@H](O)[C@H](O)CO.O=C([O-])[C@H](O)[C@@H](O)[C@H](O)[C@H](O)CO.[Tc+5]. The number of aliphatic carboxylic acids is 5. The zero-order chi connectivity index (χ0) is 53.0. The number of carbonyl (C=O) groups is 5. The molecule has 36 heteroatoms. The first-order valence-electron chi connectivity index (χ1n) is 17.3. The molecule has 66 heavy (non-hydrogen) atoms. The summed E-state index contributed by atoms with van der Waals surface area (Å²) in [6.45, 7) is -4.32. The second-order valence-corrected chi connectivity index (χ2v) is 12.5. The summed E-state index contributed by atoms with van der Waals surface area (Å²) in [4.78, 5) is 49.9. The number of carboxylic acid groups (broad SMARTS) is 5. The first-order chi connectivity index (χ1) is 29.6. The Labute approximate surface area is 381 Å². The van der Waals surface area contributed by atoms with Gasteiger partial charge >= 0.3 is 20.1 Å². The van der Waals surface area contributed by atoms with Crippen molar-refractivity contribution in [3.63, 3.8) is 0 Å². The number of aliphatic hydroxyl groups excluding tert-OH is 25. The van der Waals surface area contributed by atoms with Crippen LogP contribution in [0.5, 0.6) is 0 Å². The Morgan fingerprint density at radius 1 is 0.242 bits per heavy atom. The van der Waals surface area contributed by atoms with Gasteiger partial charge in [-0.3, -0.25) is 0 Å². The van der Waals surface area contributed by atoms with Crippen molar-refractivity contribution in [2.45, 2.75) is 122 Å². The first kappa shape index (κ1) is 74.5. The molecule has 0 amide bonds. The third-order valence-electron chi connectivity index (χ3n) is 7.48. The van der Waals surface area contributed by atoms with Gasteiger partial charge < -0.3 is 177 Å². The topological polar surface area (TPSA) is 706 Å². The number of rotatable bonds is 25. The average Bonchev–Trinajstić information content (AvgIpc) is 3.28. The van der Waals surface area contributed by atoms with Crippen molar-refractivity contribution in [1.82, 2.24) is 0 Å². The second kappa shape index (κ2) is 38.9. The number of carbonyl (C=O) groups excluding carboxylic acids is 5. The maximum atomic E-state index is 9.98. The van der Waals surface area contributed by atoms with Crippen molar-refractivity contribution >= 4 is 29.8 Å². The molecular formula is C30H55O35Tc. The molecule has 0 aromatic heterocycles. The minimum Gasteiger partial charge on any atom is -0.547 e. The van der Waals surface area contributed by atoms with Gasteiger partial charge in [0.2, 0.25) is 0 Å². The van der Waals surface area contributed by atoms with Gasteiger partial charge in [-0.25, -0.2) is 0 Å². The Morgan fingerprint density at radius 3 is 0.394 bits per heavy atom. The Balaban J connectivity index is -0.000000170. The van der Waals surface area contributed by atoms with Crippen LogP contribution in [-0.4, -0.2) is 313 Å². The third kappa shape index (κ3) is 29.0. The molecule has 0 rings (SSSR count). The van der Waals surface area contributed by atoms with Gasteiger partial charge in [0.1, 0.15) is 122 Å². The zero-order valence-corrected chi connectivity index (χ0v) is 35.1. The molecule has 0 aliphatic rings. The van der Waals surface area contributed by atoms with Crippen LogP contribution in [0.4, 0.5) is 0 Å². The summed E-state index contributed by atoms with van der Waals surface area (Å²) in [5, 5.41) is 267. The Kier molecular flexibility index (Phi) is 43.9. The van der Waals surface area contributed by atoms with Gasteiger partial charge in [-0.05, 0) is 0 Å². The molecule has 0 aliphatic carbocycles. The van der Waals surface area contributed by atoms with Crippen molar-refractivity contribution in [1.29, 1.82) is 0 Å². The van der Waals surface area contributed by atoms with Crippen LogP contribution in [0, 0.1) is 0 Å². The van der Waals surface area contributed by atoms with Crippen LogP contribution in [0.2, 0.25) is 0 Å². The van der Waals surface area contributed by atoms with Crippen molar-refractivity contribution in [3.8, 4) is 0 Å². The van der Waals surface area contributed by atoms with E-state index in [2.05, 4.69) is 0 Å². The smallest absolute Gasteiger partial charge is 0.547 e. The summed E-state index contributed by atoms with van der Waals surface area (Å²) in [5.41, 5.74) is 0. The molecule has 392 valence electrons. The molecule has 0 radical (unpaired) electrons.